The van der Waals surface area contributed by atoms with Gasteiger partial charge in [-0.25, -0.2) is 0 Å². The number of carbonyl (C=O) groups is 1. The molecule has 1 saturated carbocycles. The molecule has 2 aromatic rings. The van der Waals surface area contributed by atoms with E-state index in [1.54, 1.807) is 12.4 Å². The van der Waals surface area contributed by atoms with Crippen molar-refractivity contribution in [1.82, 2.24) is 10.3 Å². The van der Waals surface area contributed by atoms with Crippen molar-refractivity contribution < 1.29 is 4.79 Å². The van der Waals surface area contributed by atoms with Gasteiger partial charge in [0, 0.05) is 30.0 Å². The molecule has 0 radical (unpaired) electrons. The van der Waals surface area contributed by atoms with Gasteiger partial charge in [0.2, 0.25) is 0 Å². The highest BCUT2D eigenvalue weighted by atomic mass is 35.5. The highest BCUT2D eigenvalue weighted by Gasteiger charge is 2.15. The standard InChI is InChI=1S/C19H22ClN3O/c20-16-7-5-14(6-8-16)9-10-22-19(24)15-11-18(13-21-12-15)23-17-3-1-2-4-17/h5-8,11-13,17,23H,1-4,9-10H2,(H,22,24). The number of halogens is 1. The molecule has 24 heavy (non-hydrogen) atoms. The van der Waals surface area contributed by atoms with Crippen molar-refractivity contribution >= 4 is 23.2 Å². The molecule has 1 aliphatic carbocycles. The molecule has 1 aromatic carbocycles. The number of hydrogen-bond donors (Lipinski definition) is 2. The Bertz CT molecular complexity index is 681. The SMILES string of the molecule is O=C(NCCc1ccc(Cl)cc1)c1cncc(NC2CCCC2)c1. The quantitative estimate of drug-likeness (QED) is 0.831. The Morgan fingerprint density at radius 3 is 2.67 bits per heavy atom. The Kier molecular flexibility index (Phi) is 5.70. The fourth-order valence-electron chi connectivity index (χ4n) is 3.02. The van der Waals surface area contributed by atoms with Crippen LogP contribution in [0.5, 0.6) is 0 Å². The maximum Gasteiger partial charge on any atom is 0.252 e. The number of amides is 1. The Morgan fingerprint density at radius 1 is 1.17 bits per heavy atom. The fourth-order valence-corrected chi connectivity index (χ4v) is 3.15. The number of carbonyl (C=O) groups excluding carboxylic acids is 1. The van der Waals surface area contributed by atoms with Crippen LogP contribution in [0.2, 0.25) is 5.02 Å². The zero-order valence-electron chi connectivity index (χ0n) is 13.6. The van der Waals surface area contributed by atoms with Gasteiger partial charge in [-0.15, -0.1) is 0 Å². The van der Waals surface area contributed by atoms with Crippen LogP contribution in [0.3, 0.4) is 0 Å². The summed E-state index contributed by atoms with van der Waals surface area (Å²) >= 11 is 5.87. The normalized spacial score (nSPS) is 14.5. The van der Waals surface area contributed by atoms with Gasteiger partial charge in [-0.3, -0.25) is 9.78 Å². The van der Waals surface area contributed by atoms with Gasteiger partial charge < -0.3 is 10.6 Å². The first-order valence-electron chi connectivity index (χ1n) is 8.45. The van der Waals surface area contributed by atoms with Gasteiger partial charge in [-0.05, 0) is 43.0 Å². The summed E-state index contributed by atoms with van der Waals surface area (Å²) in [6.07, 6.45) is 9.09. The van der Waals surface area contributed by atoms with Crippen molar-refractivity contribution in [3.05, 3.63) is 58.9 Å². The molecule has 4 nitrogen and oxygen atoms in total. The number of nitrogens with zero attached hydrogens (tertiary/aromatic N) is 1. The third-order valence-corrected chi connectivity index (χ3v) is 4.59. The molecule has 0 bridgehead atoms. The van der Waals surface area contributed by atoms with Crippen LogP contribution in [-0.4, -0.2) is 23.5 Å². The number of hydrogen-bond acceptors (Lipinski definition) is 3. The van der Waals surface area contributed by atoms with E-state index in [1.165, 1.54) is 25.7 Å². The molecular weight excluding hydrogens is 322 g/mol. The van der Waals surface area contributed by atoms with E-state index in [4.69, 9.17) is 11.6 Å². The number of rotatable bonds is 6. The van der Waals surface area contributed by atoms with Crippen molar-refractivity contribution in [3.63, 3.8) is 0 Å². The fraction of sp³-hybridized carbons (Fsp3) is 0.368. The summed E-state index contributed by atoms with van der Waals surface area (Å²) in [5, 5.41) is 7.13. The lowest BCUT2D eigenvalue weighted by Gasteiger charge is -2.13. The van der Waals surface area contributed by atoms with E-state index < -0.39 is 0 Å². The summed E-state index contributed by atoms with van der Waals surface area (Å²) in [5.74, 6) is -0.0912. The second-order valence-corrected chi connectivity index (χ2v) is 6.66. The van der Waals surface area contributed by atoms with Crippen LogP contribution < -0.4 is 10.6 Å². The first-order valence-corrected chi connectivity index (χ1v) is 8.83. The molecule has 0 aliphatic heterocycles. The summed E-state index contributed by atoms with van der Waals surface area (Å²) in [4.78, 5) is 16.5. The summed E-state index contributed by atoms with van der Waals surface area (Å²) in [5.41, 5.74) is 2.66. The van der Waals surface area contributed by atoms with Gasteiger partial charge in [-0.1, -0.05) is 36.6 Å². The molecule has 126 valence electrons. The number of benzene rings is 1. The molecule has 1 amide bonds. The summed E-state index contributed by atoms with van der Waals surface area (Å²) < 4.78 is 0. The van der Waals surface area contributed by atoms with Gasteiger partial charge in [0.25, 0.3) is 5.91 Å². The first-order chi connectivity index (χ1) is 11.7. The van der Waals surface area contributed by atoms with Crippen LogP contribution >= 0.6 is 11.6 Å². The third kappa shape index (κ3) is 4.71. The predicted molar refractivity (Wildman–Crippen MR) is 97.6 cm³/mol. The predicted octanol–water partition coefficient (Wildman–Crippen LogP) is 4.06. The van der Waals surface area contributed by atoms with Crippen molar-refractivity contribution in [1.29, 1.82) is 0 Å². The molecule has 0 unspecified atom stereocenters. The van der Waals surface area contributed by atoms with Crippen LogP contribution in [0.25, 0.3) is 0 Å². The van der Waals surface area contributed by atoms with E-state index in [0.717, 1.165) is 22.7 Å². The molecule has 1 aliphatic rings. The molecule has 1 aromatic heterocycles. The maximum absolute atomic E-state index is 12.3. The van der Waals surface area contributed by atoms with Crippen LogP contribution in [0.4, 0.5) is 5.69 Å². The Labute approximate surface area is 147 Å². The average Bonchev–Trinajstić information content (AvgIpc) is 3.10. The zero-order valence-corrected chi connectivity index (χ0v) is 14.4. The van der Waals surface area contributed by atoms with E-state index in [-0.39, 0.29) is 5.91 Å². The van der Waals surface area contributed by atoms with Gasteiger partial charge >= 0.3 is 0 Å². The molecule has 1 fully saturated rings. The highest BCUT2D eigenvalue weighted by molar-refractivity contribution is 6.30. The van der Waals surface area contributed by atoms with Crippen LogP contribution in [0, 0.1) is 0 Å². The summed E-state index contributed by atoms with van der Waals surface area (Å²) in [6.45, 7) is 0.584. The molecular formula is C19H22ClN3O. The second kappa shape index (κ2) is 8.15. The molecule has 0 saturated heterocycles. The van der Waals surface area contributed by atoms with Crippen molar-refractivity contribution in [2.24, 2.45) is 0 Å². The van der Waals surface area contributed by atoms with E-state index in [9.17, 15) is 4.79 Å². The molecule has 3 rings (SSSR count). The number of anilines is 1. The smallest absolute Gasteiger partial charge is 0.252 e. The number of aromatic nitrogens is 1. The van der Waals surface area contributed by atoms with E-state index in [2.05, 4.69) is 15.6 Å². The van der Waals surface area contributed by atoms with Gasteiger partial charge in [0.1, 0.15) is 0 Å². The van der Waals surface area contributed by atoms with Gasteiger partial charge in [0.05, 0.1) is 11.3 Å². The lowest BCUT2D eigenvalue weighted by molar-refractivity contribution is 0.0954. The Balaban J connectivity index is 1.51. The van der Waals surface area contributed by atoms with E-state index in [1.807, 2.05) is 30.3 Å². The van der Waals surface area contributed by atoms with Crippen LogP contribution in [0.1, 0.15) is 41.6 Å². The topological polar surface area (TPSA) is 54.0 Å². The molecule has 1 heterocycles. The minimum Gasteiger partial charge on any atom is -0.381 e. The minimum atomic E-state index is -0.0912. The Morgan fingerprint density at radius 2 is 1.92 bits per heavy atom. The molecule has 5 heteroatoms. The lowest BCUT2D eigenvalue weighted by atomic mass is 10.1. The lowest BCUT2D eigenvalue weighted by Crippen LogP contribution is -2.26. The second-order valence-electron chi connectivity index (χ2n) is 6.22. The minimum absolute atomic E-state index is 0.0912. The Hall–Kier alpha value is -2.07. The maximum atomic E-state index is 12.3. The zero-order chi connectivity index (χ0) is 16.8. The molecule has 0 spiro atoms. The number of pyridine rings is 1. The third-order valence-electron chi connectivity index (χ3n) is 4.34. The largest absolute Gasteiger partial charge is 0.381 e. The van der Waals surface area contributed by atoms with Crippen molar-refractivity contribution in [2.75, 3.05) is 11.9 Å². The first kappa shape index (κ1) is 16.8. The molecule has 2 N–H and O–H groups in total. The van der Waals surface area contributed by atoms with Crippen LogP contribution in [-0.2, 0) is 6.42 Å². The average molecular weight is 344 g/mol. The highest BCUT2D eigenvalue weighted by Crippen LogP contribution is 2.22. The number of nitrogens with one attached hydrogen (secondary N) is 2. The van der Waals surface area contributed by atoms with Crippen molar-refractivity contribution in [2.45, 2.75) is 38.1 Å². The summed E-state index contributed by atoms with van der Waals surface area (Å²) in [6, 6.07) is 10.1. The summed E-state index contributed by atoms with van der Waals surface area (Å²) in [7, 11) is 0. The van der Waals surface area contributed by atoms with Gasteiger partial charge in [-0.2, -0.15) is 0 Å². The van der Waals surface area contributed by atoms with E-state index >= 15 is 0 Å². The van der Waals surface area contributed by atoms with E-state index in [0.29, 0.717) is 18.2 Å². The van der Waals surface area contributed by atoms with Crippen LogP contribution in [0.15, 0.2) is 42.7 Å². The monoisotopic (exact) mass is 343 g/mol. The molecule has 0 atom stereocenters. The van der Waals surface area contributed by atoms with Crippen molar-refractivity contribution in [3.8, 4) is 0 Å². The van der Waals surface area contributed by atoms with Gasteiger partial charge in [0.15, 0.2) is 0 Å².